The quantitative estimate of drug-likeness (QED) is 0.345. The Morgan fingerprint density at radius 1 is 1.21 bits per heavy atom. The van der Waals surface area contributed by atoms with E-state index in [0.717, 1.165) is 41.8 Å². The average Bonchev–Trinajstić information content (AvgIpc) is 3.02. The molecule has 0 amide bonds. The monoisotopic (exact) mass is 400 g/mol. The van der Waals surface area contributed by atoms with Crippen molar-refractivity contribution in [2.45, 2.75) is 78.6 Å². The molecular weight excluding hydrogens is 360 g/mol. The van der Waals surface area contributed by atoms with Gasteiger partial charge in [0.25, 0.3) is 0 Å². The van der Waals surface area contributed by atoms with Gasteiger partial charge in [0.15, 0.2) is 6.61 Å². The molecule has 0 heterocycles. The van der Waals surface area contributed by atoms with Crippen molar-refractivity contribution in [3.63, 3.8) is 0 Å². The second-order valence-electron chi connectivity index (χ2n) is 9.65. The summed E-state index contributed by atoms with van der Waals surface area (Å²) in [7, 11) is 1.40. The maximum absolute atomic E-state index is 11.5. The normalized spacial score (nSPS) is 26.5. The van der Waals surface area contributed by atoms with E-state index >= 15 is 0 Å². The zero-order valence-electron chi connectivity index (χ0n) is 18.9. The molecule has 5 atom stereocenters. The molecule has 0 aliphatic heterocycles. The third kappa shape index (κ3) is 5.55. The summed E-state index contributed by atoms with van der Waals surface area (Å²) in [6.45, 7) is 7.21. The van der Waals surface area contributed by atoms with Crippen molar-refractivity contribution in [1.82, 2.24) is 0 Å². The summed E-state index contributed by atoms with van der Waals surface area (Å²) in [5.74, 6) is 4.69. The fourth-order valence-electron chi connectivity index (χ4n) is 5.90. The van der Waals surface area contributed by atoms with E-state index in [1.807, 2.05) is 6.07 Å². The van der Waals surface area contributed by atoms with Gasteiger partial charge in [0.1, 0.15) is 5.75 Å². The van der Waals surface area contributed by atoms with Gasteiger partial charge in [0.2, 0.25) is 0 Å². The number of carbonyl (C=O) groups excluding carboxylic acids is 1. The standard InChI is InChI=1S/C26H40O3/c1-5-6-7-9-18(2)12-13-22-19(3)14-21-16-24-20(15-23(21)22)10-8-11-25(24)29-17-26(27)28-4/h8,10-11,18-19,21-23H,5-7,9,12-17H2,1-4H3. The lowest BCUT2D eigenvalue weighted by atomic mass is 9.73. The SMILES string of the molecule is CCCCCC(C)CCC1C(C)CC2Cc3c(cccc3OCC(=O)OC)CC21. The Bertz CT molecular complexity index is 668. The molecular formula is C26H40O3. The van der Waals surface area contributed by atoms with E-state index in [1.54, 1.807) is 0 Å². The highest BCUT2D eigenvalue weighted by Crippen LogP contribution is 2.51. The van der Waals surface area contributed by atoms with Gasteiger partial charge >= 0.3 is 5.97 Å². The molecule has 3 nitrogen and oxygen atoms in total. The van der Waals surface area contributed by atoms with Crippen LogP contribution >= 0.6 is 0 Å². The molecule has 5 unspecified atom stereocenters. The fraction of sp³-hybridized carbons (Fsp3) is 0.731. The molecule has 0 radical (unpaired) electrons. The number of fused-ring (bicyclic) bond motifs is 2. The third-order valence-corrected chi connectivity index (χ3v) is 7.58. The van der Waals surface area contributed by atoms with Crippen molar-refractivity contribution in [3.8, 4) is 5.75 Å². The highest BCUT2D eigenvalue weighted by molar-refractivity contribution is 5.71. The summed E-state index contributed by atoms with van der Waals surface area (Å²) in [6, 6.07) is 6.36. The van der Waals surface area contributed by atoms with Crippen molar-refractivity contribution in [3.05, 3.63) is 29.3 Å². The smallest absolute Gasteiger partial charge is 0.343 e. The Balaban J connectivity index is 1.62. The van der Waals surface area contributed by atoms with Crippen LogP contribution in [0, 0.1) is 29.6 Å². The molecule has 3 rings (SSSR count). The number of ether oxygens (including phenoxy) is 2. The van der Waals surface area contributed by atoms with Gasteiger partial charge in [0.05, 0.1) is 7.11 Å². The maximum Gasteiger partial charge on any atom is 0.343 e. The fourth-order valence-corrected chi connectivity index (χ4v) is 5.90. The van der Waals surface area contributed by atoms with Gasteiger partial charge in [-0.15, -0.1) is 0 Å². The average molecular weight is 401 g/mol. The molecule has 29 heavy (non-hydrogen) atoms. The van der Waals surface area contributed by atoms with Crippen LogP contribution in [0.25, 0.3) is 0 Å². The van der Waals surface area contributed by atoms with Crippen LogP contribution < -0.4 is 4.74 Å². The predicted octanol–water partition coefficient (Wildman–Crippen LogP) is 6.22. The van der Waals surface area contributed by atoms with E-state index in [2.05, 4.69) is 32.9 Å². The minimum atomic E-state index is -0.320. The first kappa shape index (κ1) is 22.2. The molecule has 1 saturated carbocycles. The molecule has 1 fully saturated rings. The van der Waals surface area contributed by atoms with Gasteiger partial charge in [0, 0.05) is 0 Å². The van der Waals surface area contributed by atoms with Crippen molar-refractivity contribution in [2.24, 2.45) is 29.6 Å². The van der Waals surface area contributed by atoms with Crippen LogP contribution in [0.4, 0.5) is 0 Å². The summed E-state index contributed by atoms with van der Waals surface area (Å²) in [6.07, 6.45) is 11.9. The molecule has 0 saturated heterocycles. The predicted molar refractivity (Wildman–Crippen MR) is 118 cm³/mol. The van der Waals surface area contributed by atoms with E-state index in [-0.39, 0.29) is 12.6 Å². The Morgan fingerprint density at radius 2 is 2.03 bits per heavy atom. The van der Waals surface area contributed by atoms with E-state index in [1.165, 1.54) is 69.6 Å². The van der Waals surface area contributed by atoms with E-state index in [4.69, 9.17) is 9.47 Å². The van der Waals surface area contributed by atoms with Crippen molar-refractivity contribution in [1.29, 1.82) is 0 Å². The first-order valence-corrected chi connectivity index (χ1v) is 11.8. The minimum absolute atomic E-state index is 0.00397. The Kier molecular flexibility index (Phi) is 8.03. The molecule has 1 aromatic rings. The molecule has 0 aromatic heterocycles. The second-order valence-corrected chi connectivity index (χ2v) is 9.65. The van der Waals surface area contributed by atoms with Crippen molar-refractivity contribution in [2.75, 3.05) is 13.7 Å². The Morgan fingerprint density at radius 3 is 2.79 bits per heavy atom. The van der Waals surface area contributed by atoms with Crippen molar-refractivity contribution < 1.29 is 14.3 Å². The van der Waals surface area contributed by atoms with E-state index in [0.29, 0.717) is 0 Å². The molecule has 1 aromatic carbocycles. The van der Waals surface area contributed by atoms with E-state index in [9.17, 15) is 4.79 Å². The Labute approximate surface area is 177 Å². The number of carbonyl (C=O) groups is 1. The molecule has 0 bridgehead atoms. The van der Waals surface area contributed by atoms with E-state index < -0.39 is 0 Å². The van der Waals surface area contributed by atoms with Crippen LogP contribution in [-0.4, -0.2) is 19.7 Å². The summed E-state index contributed by atoms with van der Waals surface area (Å²) >= 11 is 0. The second kappa shape index (κ2) is 10.5. The van der Waals surface area contributed by atoms with Gasteiger partial charge in [-0.05, 0) is 72.5 Å². The molecule has 3 heteroatoms. The lowest BCUT2D eigenvalue weighted by molar-refractivity contribution is -0.142. The molecule has 2 aliphatic carbocycles. The number of esters is 1. The van der Waals surface area contributed by atoms with Crippen LogP contribution in [0.3, 0.4) is 0 Å². The summed E-state index contributed by atoms with van der Waals surface area (Å²) in [4.78, 5) is 11.5. The van der Waals surface area contributed by atoms with Crippen molar-refractivity contribution >= 4 is 5.97 Å². The van der Waals surface area contributed by atoms with Crippen LogP contribution in [0.2, 0.25) is 0 Å². The van der Waals surface area contributed by atoms with Gasteiger partial charge in [-0.25, -0.2) is 4.79 Å². The number of hydrogen-bond donors (Lipinski definition) is 0. The lowest BCUT2D eigenvalue weighted by Crippen LogP contribution is -2.26. The minimum Gasteiger partial charge on any atom is -0.482 e. The first-order chi connectivity index (χ1) is 14.0. The zero-order valence-corrected chi connectivity index (χ0v) is 18.9. The van der Waals surface area contributed by atoms with Gasteiger partial charge < -0.3 is 9.47 Å². The van der Waals surface area contributed by atoms with Gasteiger partial charge in [-0.2, -0.15) is 0 Å². The Hall–Kier alpha value is -1.51. The number of rotatable bonds is 10. The summed E-state index contributed by atoms with van der Waals surface area (Å²) < 4.78 is 10.5. The van der Waals surface area contributed by atoms with Crippen LogP contribution in [0.1, 0.15) is 76.8 Å². The highest BCUT2D eigenvalue weighted by atomic mass is 16.6. The third-order valence-electron chi connectivity index (χ3n) is 7.58. The molecule has 162 valence electrons. The number of hydrogen-bond acceptors (Lipinski definition) is 3. The number of benzene rings is 1. The van der Waals surface area contributed by atoms with Gasteiger partial charge in [-0.1, -0.05) is 65.0 Å². The zero-order chi connectivity index (χ0) is 20.8. The highest BCUT2D eigenvalue weighted by Gasteiger charge is 2.43. The topological polar surface area (TPSA) is 35.5 Å². The van der Waals surface area contributed by atoms with Crippen LogP contribution in [0.5, 0.6) is 5.75 Å². The van der Waals surface area contributed by atoms with Crippen LogP contribution in [-0.2, 0) is 22.4 Å². The first-order valence-electron chi connectivity index (χ1n) is 11.8. The summed E-state index contributed by atoms with van der Waals surface area (Å²) in [5.41, 5.74) is 2.77. The maximum atomic E-state index is 11.5. The summed E-state index contributed by atoms with van der Waals surface area (Å²) in [5, 5.41) is 0. The molecule has 0 spiro atoms. The number of unbranched alkanes of at least 4 members (excludes halogenated alkanes) is 2. The lowest BCUT2D eigenvalue weighted by Gasteiger charge is -2.33. The van der Waals surface area contributed by atoms with Gasteiger partial charge in [-0.3, -0.25) is 0 Å². The largest absolute Gasteiger partial charge is 0.482 e. The molecule has 0 N–H and O–H groups in total. The number of methoxy groups -OCH3 is 1. The molecule has 2 aliphatic rings. The van der Waals surface area contributed by atoms with Crippen LogP contribution in [0.15, 0.2) is 18.2 Å².